The van der Waals surface area contributed by atoms with Crippen LogP contribution in [0.4, 0.5) is 19.0 Å². The zero-order chi connectivity index (χ0) is 30.0. The summed E-state index contributed by atoms with van der Waals surface area (Å²) in [4.78, 5) is 60.4. The Hall–Kier alpha value is -5.22. The van der Waals surface area contributed by atoms with Crippen molar-refractivity contribution < 1.29 is 22.5 Å². The lowest BCUT2D eigenvalue weighted by Crippen LogP contribution is -2.42. The molecule has 1 aliphatic rings. The van der Waals surface area contributed by atoms with Gasteiger partial charge >= 0.3 is 11.9 Å². The molecule has 216 valence electrons. The smallest absolute Gasteiger partial charge is 0.340 e. The predicted octanol–water partition coefficient (Wildman–Crippen LogP) is 1.94. The normalized spacial score (nSPS) is 14.3. The van der Waals surface area contributed by atoms with Crippen molar-refractivity contribution in [1.29, 1.82) is 0 Å². The van der Waals surface area contributed by atoms with Crippen molar-refractivity contribution in [3.63, 3.8) is 0 Å². The van der Waals surface area contributed by atoms with E-state index in [-0.39, 0.29) is 52.2 Å². The molecule has 0 unspecified atom stereocenters. The second-order valence-electron chi connectivity index (χ2n) is 9.88. The van der Waals surface area contributed by atoms with Gasteiger partial charge in [0, 0.05) is 31.4 Å². The minimum absolute atomic E-state index is 0.0142. The fourth-order valence-corrected chi connectivity index (χ4v) is 4.73. The fourth-order valence-electron chi connectivity index (χ4n) is 4.73. The first-order chi connectivity index (χ1) is 19.9. The summed E-state index contributed by atoms with van der Waals surface area (Å²) in [6.45, 7) is 2.57. The van der Waals surface area contributed by atoms with Crippen LogP contribution >= 0.6 is 0 Å². The number of carbonyl (C=O) groups excluding carboxylic acids is 1. The van der Waals surface area contributed by atoms with Gasteiger partial charge in [-0.15, -0.1) is 0 Å². The van der Waals surface area contributed by atoms with Crippen LogP contribution in [0.1, 0.15) is 35.8 Å². The molecule has 5 aromatic rings. The van der Waals surface area contributed by atoms with E-state index in [0.717, 1.165) is 10.6 Å². The number of halogens is 3. The number of hydrogen-bond acceptors (Lipinski definition) is 10. The van der Waals surface area contributed by atoms with E-state index in [9.17, 15) is 27.6 Å². The van der Waals surface area contributed by atoms with Gasteiger partial charge in [-0.1, -0.05) is 5.16 Å². The average Bonchev–Trinajstić information content (AvgIpc) is 3.45. The third-order valence-electron chi connectivity index (χ3n) is 7.07. The van der Waals surface area contributed by atoms with Crippen molar-refractivity contribution >= 4 is 22.9 Å². The number of alkyl halides is 3. The van der Waals surface area contributed by atoms with Crippen molar-refractivity contribution in [1.82, 2.24) is 43.8 Å². The number of fused-ring (bicyclic) bond motifs is 1. The first-order valence-corrected chi connectivity index (χ1v) is 12.5. The molecule has 1 N–H and O–H groups in total. The second kappa shape index (κ2) is 9.42. The van der Waals surface area contributed by atoms with Gasteiger partial charge in [0.05, 0.1) is 36.5 Å². The Bertz CT molecular complexity index is 2000. The highest BCUT2D eigenvalue weighted by molar-refractivity contribution is 5.99. The van der Waals surface area contributed by atoms with Crippen LogP contribution < -0.4 is 16.6 Å². The van der Waals surface area contributed by atoms with Gasteiger partial charge in [-0.05, 0) is 25.8 Å². The zero-order valence-corrected chi connectivity index (χ0v) is 22.3. The maximum absolute atomic E-state index is 13.6. The van der Waals surface area contributed by atoms with Crippen molar-refractivity contribution in [2.75, 3.05) is 5.32 Å². The summed E-state index contributed by atoms with van der Waals surface area (Å²) in [5, 5.41) is 6.40. The van der Waals surface area contributed by atoms with E-state index in [1.54, 1.807) is 6.92 Å². The van der Waals surface area contributed by atoms with E-state index in [0.29, 0.717) is 12.8 Å². The van der Waals surface area contributed by atoms with Gasteiger partial charge in [0.15, 0.2) is 22.8 Å². The molecule has 1 saturated carbocycles. The molecule has 1 aliphatic carbocycles. The Balaban J connectivity index is 1.34. The molecule has 0 radical (unpaired) electrons. The van der Waals surface area contributed by atoms with Gasteiger partial charge in [-0.2, -0.15) is 18.2 Å². The highest BCUT2D eigenvalue weighted by atomic mass is 19.4. The van der Waals surface area contributed by atoms with Crippen LogP contribution in [-0.2, 0) is 30.1 Å². The number of imidazole rings is 1. The van der Waals surface area contributed by atoms with Gasteiger partial charge < -0.3 is 14.4 Å². The summed E-state index contributed by atoms with van der Waals surface area (Å²) in [7, 11) is 1.45. The number of aryl methyl sites for hydroxylation is 3. The van der Waals surface area contributed by atoms with E-state index < -0.39 is 34.4 Å². The van der Waals surface area contributed by atoms with Gasteiger partial charge in [-0.25, -0.2) is 14.8 Å². The second-order valence-corrected chi connectivity index (χ2v) is 9.88. The van der Waals surface area contributed by atoms with Crippen molar-refractivity contribution in [3.05, 3.63) is 74.8 Å². The number of anilines is 1. The Morgan fingerprint density at radius 3 is 2.55 bits per heavy atom. The van der Waals surface area contributed by atoms with Crippen LogP contribution in [-0.4, -0.2) is 49.7 Å². The van der Waals surface area contributed by atoms with Crippen LogP contribution in [0.5, 0.6) is 0 Å². The predicted molar refractivity (Wildman–Crippen MR) is 138 cm³/mol. The van der Waals surface area contributed by atoms with Crippen LogP contribution in [0, 0.1) is 13.8 Å². The monoisotopic (exact) mass is 582 g/mol. The van der Waals surface area contributed by atoms with Gasteiger partial charge in [0.1, 0.15) is 5.54 Å². The molecule has 0 aromatic carbocycles. The Labute approximate surface area is 232 Å². The zero-order valence-electron chi connectivity index (χ0n) is 22.3. The Morgan fingerprint density at radius 2 is 1.88 bits per heavy atom. The maximum atomic E-state index is 13.6. The molecule has 0 atom stereocenters. The van der Waals surface area contributed by atoms with E-state index in [2.05, 4.69) is 35.4 Å². The molecule has 1 amide bonds. The molecule has 5 heterocycles. The van der Waals surface area contributed by atoms with Crippen LogP contribution in [0.25, 0.3) is 22.4 Å². The Morgan fingerprint density at radius 1 is 1.12 bits per heavy atom. The van der Waals surface area contributed by atoms with Crippen molar-refractivity contribution in [2.24, 2.45) is 7.05 Å². The summed E-state index contributed by atoms with van der Waals surface area (Å²) in [6.07, 6.45) is 1.16. The number of hydrogen-bond donors (Lipinski definition) is 1. The minimum Gasteiger partial charge on any atom is -0.340 e. The first kappa shape index (κ1) is 27.0. The summed E-state index contributed by atoms with van der Waals surface area (Å²) in [6, 6.07) is 0.920. The van der Waals surface area contributed by atoms with E-state index >= 15 is 0 Å². The lowest BCUT2D eigenvalue weighted by atomic mass is 10.1. The molecule has 0 saturated heterocycles. The SMILES string of the molecule is Cc1nc(Cn2c(=O)c3c(ncn3C3(C(=O)Nc4cncc(-c5cnc(C)c(C(F)(F)F)c5)n4)CC3)n(C)c2=O)no1. The molecule has 0 spiro atoms. The average molecular weight is 583 g/mol. The van der Waals surface area contributed by atoms with E-state index in [1.165, 1.54) is 48.0 Å². The fraction of sp³-hybridized carbons (Fsp3) is 0.320. The minimum atomic E-state index is -4.61. The van der Waals surface area contributed by atoms with Gasteiger partial charge in [-0.3, -0.25) is 28.7 Å². The number of aromatic nitrogens is 9. The molecular weight excluding hydrogens is 561 g/mol. The molecule has 0 bridgehead atoms. The highest BCUT2D eigenvalue weighted by Crippen LogP contribution is 2.45. The molecular formula is C25H21F3N10O4. The number of amides is 1. The lowest BCUT2D eigenvalue weighted by molar-refractivity contribution is -0.138. The van der Waals surface area contributed by atoms with E-state index in [1.807, 2.05) is 0 Å². The van der Waals surface area contributed by atoms with E-state index in [4.69, 9.17) is 4.52 Å². The summed E-state index contributed by atoms with van der Waals surface area (Å²) in [5.41, 5.74) is -3.42. The number of pyridine rings is 1. The topological polar surface area (TPSA) is 169 Å². The molecule has 6 rings (SSSR count). The maximum Gasteiger partial charge on any atom is 0.418 e. The van der Waals surface area contributed by atoms with Gasteiger partial charge in [0.2, 0.25) is 5.89 Å². The number of carbonyl (C=O) groups is 1. The summed E-state index contributed by atoms with van der Waals surface area (Å²) in [5.74, 6) is -0.166. The third-order valence-corrected chi connectivity index (χ3v) is 7.07. The summed E-state index contributed by atoms with van der Waals surface area (Å²) >= 11 is 0. The first-order valence-electron chi connectivity index (χ1n) is 12.5. The standard InChI is InChI=1S/C25H21F3N10O4/c1-12-15(25(26,27)28)6-14(7-30-12)16-8-29-9-17(33-16)34-22(40)24(4-5-24)38-11-31-20-19(38)21(39)37(23(41)36(20)3)10-18-32-13(2)42-35-18/h6-9,11H,4-5,10H2,1-3H3,(H,33,34,40). The van der Waals surface area contributed by atoms with Crippen LogP contribution in [0.3, 0.4) is 0 Å². The number of nitrogens with one attached hydrogen (secondary N) is 1. The van der Waals surface area contributed by atoms with Crippen molar-refractivity contribution in [2.45, 2.75) is 44.9 Å². The largest absolute Gasteiger partial charge is 0.418 e. The number of rotatable bonds is 6. The molecule has 5 aromatic heterocycles. The highest BCUT2D eigenvalue weighted by Gasteiger charge is 2.53. The molecule has 14 nitrogen and oxygen atoms in total. The molecule has 17 heteroatoms. The Kier molecular flexibility index (Phi) is 6.05. The summed E-state index contributed by atoms with van der Waals surface area (Å²) < 4.78 is 48.7. The van der Waals surface area contributed by atoms with Crippen molar-refractivity contribution in [3.8, 4) is 11.3 Å². The lowest BCUT2D eigenvalue weighted by Gasteiger charge is -2.18. The number of nitrogens with zero attached hydrogens (tertiary/aromatic N) is 9. The third kappa shape index (κ3) is 4.42. The van der Waals surface area contributed by atoms with Gasteiger partial charge in [0.25, 0.3) is 11.5 Å². The van der Waals surface area contributed by atoms with Crippen LogP contribution in [0.2, 0.25) is 0 Å². The molecule has 1 fully saturated rings. The van der Waals surface area contributed by atoms with Crippen LogP contribution in [0.15, 0.2) is 45.1 Å². The quantitative estimate of drug-likeness (QED) is 0.312. The molecule has 0 aliphatic heterocycles. The molecule has 42 heavy (non-hydrogen) atoms.